The van der Waals surface area contributed by atoms with Crippen molar-refractivity contribution in [2.24, 2.45) is 0 Å². The largest absolute Gasteiger partial charge is 0.358 e. The summed E-state index contributed by atoms with van der Waals surface area (Å²) in [5.74, 6) is 0.331. The van der Waals surface area contributed by atoms with E-state index in [2.05, 4.69) is 26.7 Å². The Labute approximate surface area is 166 Å². The van der Waals surface area contributed by atoms with Crippen LogP contribution in [-0.4, -0.2) is 39.8 Å². The molecule has 0 aliphatic heterocycles. The number of amides is 2. The van der Waals surface area contributed by atoms with Crippen molar-refractivity contribution in [3.63, 3.8) is 0 Å². The molecular formula is C19H22N4O2S2. The summed E-state index contributed by atoms with van der Waals surface area (Å²) < 4.78 is 0. The maximum absolute atomic E-state index is 12.6. The van der Waals surface area contributed by atoms with Gasteiger partial charge in [-0.1, -0.05) is 18.2 Å². The SMILES string of the molecule is CSCC[C@H](NC(C)=O)C(=O)Nc1nc(-c2c(C)[nH]c3ccccc23)cs1. The summed E-state index contributed by atoms with van der Waals surface area (Å²) >= 11 is 3.02. The lowest BCUT2D eigenvalue weighted by Crippen LogP contribution is -2.43. The Morgan fingerprint density at radius 1 is 1.33 bits per heavy atom. The van der Waals surface area contributed by atoms with Crippen LogP contribution in [0.25, 0.3) is 22.2 Å². The molecule has 6 nitrogen and oxygen atoms in total. The second kappa shape index (κ2) is 8.58. The Morgan fingerprint density at radius 2 is 2.11 bits per heavy atom. The highest BCUT2D eigenvalue weighted by molar-refractivity contribution is 7.98. The first-order valence-electron chi connectivity index (χ1n) is 8.59. The molecule has 142 valence electrons. The van der Waals surface area contributed by atoms with Crippen LogP contribution in [0.1, 0.15) is 19.0 Å². The minimum atomic E-state index is -0.558. The molecular weight excluding hydrogens is 380 g/mol. The van der Waals surface area contributed by atoms with E-state index in [0.29, 0.717) is 11.6 Å². The van der Waals surface area contributed by atoms with Gasteiger partial charge in [-0.3, -0.25) is 9.59 Å². The average Bonchev–Trinajstić information content (AvgIpc) is 3.20. The van der Waals surface area contributed by atoms with Crippen LogP contribution in [0, 0.1) is 6.92 Å². The molecule has 1 atom stereocenters. The Balaban J connectivity index is 1.79. The number of aromatic nitrogens is 2. The van der Waals surface area contributed by atoms with Crippen molar-refractivity contribution in [1.29, 1.82) is 0 Å². The first kappa shape index (κ1) is 19.4. The number of nitrogens with zero attached hydrogens (tertiary/aromatic N) is 1. The van der Waals surface area contributed by atoms with Gasteiger partial charge < -0.3 is 15.6 Å². The third-order valence-corrected chi connectivity index (χ3v) is 5.59. The number of rotatable bonds is 7. The highest BCUT2D eigenvalue weighted by Crippen LogP contribution is 2.33. The first-order valence-corrected chi connectivity index (χ1v) is 10.9. The molecule has 3 aromatic rings. The van der Waals surface area contributed by atoms with Gasteiger partial charge >= 0.3 is 0 Å². The highest BCUT2D eigenvalue weighted by atomic mass is 32.2. The highest BCUT2D eigenvalue weighted by Gasteiger charge is 2.21. The molecule has 0 unspecified atom stereocenters. The minimum Gasteiger partial charge on any atom is -0.358 e. The van der Waals surface area contributed by atoms with Crippen LogP contribution >= 0.6 is 23.1 Å². The van der Waals surface area contributed by atoms with Gasteiger partial charge in [0.2, 0.25) is 11.8 Å². The van der Waals surface area contributed by atoms with Crippen molar-refractivity contribution in [2.75, 3.05) is 17.3 Å². The molecule has 2 heterocycles. The summed E-state index contributed by atoms with van der Waals surface area (Å²) in [5.41, 5.74) is 3.97. The predicted molar refractivity (Wildman–Crippen MR) is 113 cm³/mol. The van der Waals surface area contributed by atoms with E-state index in [1.165, 1.54) is 18.3 Å². The number of benzene rings is 1. The Bertz CT molecular complexity index is 964. The average molecular weight is 403 g/mol. The van der Waals surface area contributed by atoms with Crippen LogP contribution < -0.4 is 10.6 Å². The van der Waals surface area contributed by atoms with E-state index in [-0.39, 0.29) is 11.8 Å². The maximum atomic E-state index is 12.6. The number of carbonyl (C=O) groups is 2. The van der Waals surface area contributed by atoms with E-state index < -0.39 is 6.04 Å². The fourth-order valence-electron chi connectivity index (χ4n) is 3.00. The Hall–Kier alpha value is -2.32. The van der Waals surface area contributed by atoms with Gasteiger partial charge in [-0.15, -0.1) is 11.3 Å². The van der Waals surface area contributed by atoms with Crippen LogP contribution in [0.5, 0.6) is 0 Å². The smallest absolute Gasteiger partial charge is 0.248 e. The van der Waals surface area contributed by atoms with Crippen molar-refractivity contribution < 1.29 is 9.59 Å². The summed E-state index contributed by atoms with van der Waals surface area (Å²) in [6.07, 6.45) is 2.55. The lowest BCUT2D eigenvalue weighted by molar-refractivity contribution is -0.125. The molecule has 3 N–H and O–H groups in total. The molecule has 3 rings (SSSR count). The number of aromatic amines is 1. The first-order chi connectivity index (χ1) is 13.0. The van der Waals surface area contributed by atoms with Gasteiger partial charge in [0.15, 0.2) is 5.13 Å². The number of thiazole rings is 1. The zero-order chi connectivity index (χ0) is 19.4. The maximum Gasteiger partial charge on any atom is 0.248 e. The van der Waals surface area contributed by atoms with Crippen LogP contribution in [0.15, 0.2) is 29.6 Å². The van der Waals surface area contributed by atoms with E-state index in [0.717, 1.165) is 33.6 Å². The standard InChI is InChI=1S/C19H22N4O2S2/c1-11-17(13-6-4-5-7-14(13)20-11)16-10-27-19(22-16)23-18(25)15(8-9-26-3)21-12(2)24/h4-7,10,15,20H,8-9H2,1-3H3,(H,21,24)(H,22,23,25)/t15-/m0/s1. The number of fused-ring (bicyclic) bond motifs is 1. The molecule has 1 aromatic carbocycles. The van der Waals surface area contributed by atoms with E-state index in [1.807, 2.05) is 36.8 Å². The zero-order valence-corrected chi connectivity index (χ0v) is 17.1. The van der Waals surface area contributed by atoms with Gasteiger partial charge in [-0.05, 0) is 31.4 Å². The fourth-order valence-corrected chi connectivity index (χ4v) is 4.17. The van der Waals surface area contributed by atoms with E-state index in [4.69, 9.17) is 0 Å². The van der Waals surface area contributed by atoms with Gasteiger partial charge in [-0.25, -0.2) is 4.98 Å². The second-order valence-corrected chi connectivity index (χ2v) is 8.08. The minimum absolute atomic E-state index is 0.217. The monoisotopic (exact) mass is 402 g/mol. The number of anilines is 1. The number of para-hydroxylation sites is 1. The number of hydrogen-bond donors (Lipinski definition) is 3. The molecule has 0 aliphatic carbocycles. The molecule has 0 bridgehead atoms. The van der Waals surface area contributed by atoms with E-state index in [9.17, 15) is 9.59 Å². The topological polar surface area (TPSA) is 86.9 Å². The van der Waals surface area contributed by atoms with E-state index >= 15 is 0 Å². The number of aryl methyl sites for hydroxylation is 1. The van der Waals surface area contributed by atoms with Crippen molar-refractivity contribution in [3.8, 4) is 11.3 Å². The molecule has 8 heteroatoms. The number of hydrogen-bond acceptors (Lipinski definition) is 5. The third kappa shape index (κ3) is 4.51. The quantitative estimate of drug-likeness (QED) is 0.561. The number of nitrogens with one attached hydrogen (secondary N) is 3. The predicted octanol–water partition coefficient (Wildman–Crippen LogP) is 3.80. The molecule has 0 fully saturated rings. The van der Waals surface area contributed by atoms with Crippen LogP contribution in [0.3, 0.4) is 0 Å². The van der Waals surface area contributed by atoms with Gasteiger partial charge in [0.1, 0.15) is 6.04 Å². The van der Waals surface area contributed by atoms with Gasteiger partial charge in [0.25, 0.3) is 0 Å². The summed E-state index contributed by atoms with van der Waals surface area (Å²) in [6.45, 7) is 3.43. The molecule has 0 saturated carbocycles. The van der Waals surface area contributed by atoms with Gasteiger partial charge in [-0.2, -0.15) is 11.8 Å². The molecule has 2 amide bonds. The number of H-pyrrole nitrogens is 1. The lowest BCUT2D eigenvalue weighted by atomic mass is 10.1. The zero-order valence-electron chi connectivity index (χ0n) is 15.5. The summed E-state index contributed by atoms with van der Waals surface area (Å²) in [6, 6.07) is 7.52. The van der Waals surface area contributed by atoms with Crippen molar-refractivity contribution in [1.82, 2.24) is 15.3 Å². The molecule has 0 radical (unpaired) electrons. The molecule has 0 aliphatic rings. The van der Waals surface area contributed by atoms with Crippen molar-refractivity contribution in [2.45, 2.75) is 26.3 Å². The molecule has 0 spiro atoms. The van der Waals surface area contributed by atoms with Gasteiger partial charge in [0, 0.05) is 34.5 Å². The number of carbonyl (C=O) groups excluding carboxylic acids is 2. The van der Waals surface area contributed by atoms with Crippen molar-refractivity contribution >= 4 is 50.9 Å². The molecule has 2 aromatic heterocycles. The molecule has 0 saturated heterocycles. The lowest BCUT2D eigenvalue weighted by Gasteiger charge is -2.16. The Kier molecular flexibility index (Phi) is 6.18. The second-order valence-electron chi connectivity index (χ2n) is 6.23. The normalized spacial score (nSPS) is 12.1. The fraction of sp³-hybridized carbons (Fsp3) is 0.316. The van der Waals surface area contributed by atoms with Crippen molar-refractivity contribution in [3.05, 3.63) is 35.3 Å². The van der Waals surface area contributed by atoms with Gasteiger partial charge in [0.05, 0.1) is 5.69 Å². The van der Waals surface area contributed by atoms with Crippen LogP contribution in [-0.2, 0) is 9.59 Å². The summed E-state index contributed by atoms with van der Waals surface area (Å²) in [7, 11) is 0. The van der Waals surface area contributed by atoms with Crippen LogP contribution in [0.4, 0.5) is 5.13 Å². The summed E-state index contributed by atoms with van der Waals surface area (Å²) in [5, 5.41) is 9.12. The number of thioether (sulfide) groups is 1. The molecule has 27 heavy (non-hydrogen) atoms. The van der Waals surface area contributed by atoms with E-state index in [1.54, 1.807) is 11.8 Å². The Morgan fingerprint density at radius 3 is 2.85 bits per heavy atom. The summed E-state index contributed by atoms with van der Waals surface area (Å²) in [4.78, 5) is 31.9. The third-order valence-electron chi connectivity index (χ3n) is 4.19. The van der Waals surface area contributed by atoms with Crippen LogP contribution in [0.2, 0.25) is 0 Å².